The van der Waals surface area contributed by atoms with Crippen molar-refractivity contribution < 1.29 is 4.79 Å². The fourth-order valence-corrected chi connectivity index (χ4v) is 0.930. The second kappa shape index (κ2) is 4.74. The summed E-state index contributed by atoms with van der Waals surface area (Å²) in [6.45, 7) is 1.63. The van der Waals surface area contributed by atoms with Crippen molar-refractivity contribution in [1.82, 2.24) is 15.0 Å². The molecule has 0 aliphatic heterocycles. The van der Waals surface area contributed by atoms with Crippen molar-refractivity contribution in [1.29, 1.82) is 0 Å². The summed E-state index contributed by atoms with van der Waals surface area (Å²) >= 11 is 5.78. The highest BCUT2D eigenvalue weighted by Crippen LogP contribution is 2.16. The van der Waals surface area contributed by atoms with Gasteiger partial charge >= 0.3 is 0 Å². The molecule has 0 radical (unpaired) electrons. The van der Waals surface area contributed by atoms with Crippen LogP contribution in [0.3, 0.4) is 0 Å². The molecule has 0 fully saturated rings. The normalized spacial score (nSPS) is 12.1. The first kappa shape index (κ1) is 11.4. The Labute approximate surface area is 91.2 Å². The highest BCUT2D eigenvalue weighted by Gasteiger charge is 2.09. The van der Waals surface area contributed by atoms with Crippen LogP contribution >= 0.6 is 11.6 Å². The van der Waals surface area contributed by atoms with E-state index in [0.29, 0.717) is 5.82 Å². The molecule has 1 aromatic rings. The fourth-order valence-electron chi connectivity index (χ4n) is 0.832. The van der Waals surface area contributed by atoms with Crippen LogP contribution in [-0.4, -0.2) is 27.4 Å². The van der Waals surface area contributed by atoms with Gasteiger partial charge in [-0.15, -0.1) is 11.6 Å². The first-order valence-corrected chi connectivity index (χ1v) is 4.60. The number of primary amides is 1. The molecule has 0 aliphatic carbocycles. The van der Waals surface area contributed by atoms with Gasteiger partial charge in [0, 0.05) is 0 Å². The van der Waals surface area contributed by atoms with E-state index in [9.17, 15) is 4.79 Å². The van der Waals surface area contributed by atoms with Gasteiger partial charge in [0.1, 0.15) is 0 Å². The van der Waals surface area contributed by atoms with Crippen molar-refractivity contribution >= 4 is 29.4 Å². The molecule has 0 bridgehead atoms. The van der Waals surface area contributed by atoms with E-state index < -0.39 is 5.91 Å². The quantitative estimate of drug-likeness (QED) is 0.608. The Balaban J connectivity index is 2.84. The number of nitrogen functional groups attached to an aromatic ring is 1. The summed E-state index contributed by atoms with van der Waals surface area (Å²) < 4.78 is 0. The van der Waals surface area contributed by atoms with E-state index in [1.165, 1.54) is 0 Å². The maximum atomic E-state index is 10.5. The first-order valence-electron chi connectivity index (χ1n) is 4.16. The van der Waals surface area contributed by atoms with Crippen LogP contribution in [0.4, 0.5) is 11.9 Å². The molecular formula is C7H11ClN6O. The second-order valence-electron chi connectivity index (χ2n) is 2.81. The molecule has 1 unspecified atom stereocenters. The minimum Gasteiger partial charge on any atom is -0.368 e. The molecule has 15 heavy (non-hydrogen) atoms. The number of carbonyl (C=O) groups is 1. The minimum atomic E-state index is -0.519. The lowest BCUT2D eigenvalue weighted by Crippen LogP contribution is -2.23. The third-order valence-corrected chi connectivity index (χ3v) is 1.64. The highest BCUT2D eigenvalue weighted by molar-refractivity contribution is 6.20. The van der Waals surface area contributed by atoms with E-state index >= 15 is 0 Å². The van der Waals surface area contributed by atoms with E-state index in [-0.39, 0.29) is 23.8 Å². The Bertz CT molecular complexity index is 368. The molecule has 7 nitrogen and oxygen atoms in total. The van der Waals surface area contributed by atoms with Crippen LogP contribution in [0, 0.1) is 0 Å². The van der Waals surface area contributed by atoms with E-state index in [0.717, 1.165) is 0 Å². The fraction of sp³-hybridized carbons (Fsp3) is 0.429. The molecule has 0 aromatic carbocycles. The number of anilines is 2. The lowest BCUT2D eigenvalue weighted by atomic mass is 10.4. The summed E-state index contributed by atoms with van der Waals surface area (Å²) in [5, 5.41) is 2.22. The van der Waals surface area contributed by atoms with Crippen molar-refractivity contribution in [2.75, 3.05) is 17.6 Å². The number of amides is 1. The third-order valence-electron chi connectivity index (χ3n) is 1.45. The van der Waals surface area contributed by atoms with Crippen molar-refractivity contribution in [2.45, 2.75) is 12.3 Å². The Morgan fingerprint density at radius 2 is 2.20 bits per heavy atom. The molecule has 1 atom stereocenters. The molecule has 1 aromatic heterocycles. The summed E-state index contributed by atoms with van der Waals surface area (Å²) in [7, 11) is 0. The average molecular weight is 231 g/mol. The first-order chi connectivity index (χ1) is 6.99. The lowest BCUT2D eigenvalue weighted by molar-refractivity contribution is -0.116. The molecule has 82 valence electrons. The van der Waals surface area contributed by atoms with E-state index in [1.807, 2.05) is 0 Å². The van der Waals surface area contributed by atoms with Crippen LogP contribution in [0.25, 0.3) is 0 Å². The summed E-state index contributed by atoms with van der Waals surface area (Å²) in [5.74, 6) is 0.0499. The molecule has 8 heteroatoms. The summed E-state index contributed by atoms with van der Waals surface area (Å²) in [6, 6.07) is 0. The van der Waals surface area contributed by atoms with Gasteiger partial charge in [-0.1, -0.05) is 0 Å². The van der Waals surface area contributed by atoms with E-state index in [2.05, 4.69) is 20.3 Å². The number of halogens is 1. The highest BCUT2D eigenvalue weighted by atomic mass is 35.5. The molecule has 5 N–H and O–H groups in total. The Kier molecular flexibility index (Phi) is 3.62. The number of rotatable bonds is 4. The van der Waals surface area contributed by atoms with E-state index in [4.69, 9.17) is 23.1 Å². The number of nitrogens with zero attached hydrogens (tertiary/aromatic N) is 3. The number of aromatic nitrogens is 3. The maximum Gasteiger partial charge on any atom is 0.236 e. The number of hydrogen-bond donors (Lipinski definition) is 3. The zero-order chi connectivity index (χ0) is 11.4. The van der Waals surface area contributed by atoms with Gasteiger partial charge in [-0.2, -0.15) is 15.0 Å². The molecule has 1 amide bonds. The van der Waals surface area contributed by atoms with Crippen molar-refractivity contribution in [3.05, 3.63) is 5.82 Å². The number of nitrogens with one attached hydrogen (secondary N) is 1. The van der Waals surface area contributed by atoms with Crippen LogP contribution in [0.15, 0.2) is 0 Å². The van der Waals surface area contributed by atoms with Crippen LogP contribution in [0.5, 0.6) is 0 Å². The number of alkyl halides is 1. The van der Waals surface area contributed by atoms with Gasteiger partial charge in [-0.3, -0.25) is 4.79 Å². The van der Waals surface area contributed by atoms with Gasteiger partial charge in [0.2, 0.25) is 17.8 Å². The van der Waals surface area contributed by atoms with Crippen molar-refractivity contribution in [3.8, 4) is 0 Å². The Morgan fingerprint density at radius 3 is 2.73 bits per heavy atom. The Morgan fingerprint density at radius 1 is 1.53 bits per heavy atom. The number of nitrogens with two attached hydrogens (primary N) is 2. The molecule has 0 saturated heterocycles. The second-order valence-corrected chi connectivity index (χ2v) is 3.47. The summed E-state index contributed by atoms with van der Waals surface area (Å²) in [4.78, 5) is 22.1. The van der Waals surface area contributed by atoms with Gasteiger partial charge in [-0.05, 0) is 6.92 Å². The van der Waals surface area contributed by atoms with Crippen molar-refractivity contribution in [3.63, 3.8) is 0 Å². The predicted octanol–water partition coefficient (Wildman–Crippen LogP) is -0.349. The SMILES string of the molecule is CC(Cl)c1nc(N)nc(NCC(N)=O)n1. The largest absolute Gasteiger partial charge is 0.368 e. The van der Waals surface area contributed by atoms with Crippen LogP contribution in [-0.2, 0) is 4.79 Å². The topological polar surface area (TPSA) is 120 Å². The maximum absolute atomic E-state index is 10.5. The molecular weight excluding hydrogens is 220 g/mol. The average Bonchev–Trinajstić information content (AvgIpc) is 2.13. The molecule has 1 rings (SSSR count). The minimum absolute atomic E-state index is 0.0412. The van der Waals surface area contributed by atoms with Gasteiger partial charge < -0.3 is 16.8 Å². The summed E-state index contributed by atoms with van der Waals surface area (Å²) in [6.07, 6.45) is 0. The van der Waals surface area contributed by atoms with Gasteiger partial charge in [0.25, 0.3) is 0 Å². The number of carbonyl (C=O) groups excluding carboxylic acids is 1. The molecule has 0 aliphatic rings. The van der Waals surface area contributed by atoms with Gasteiger partial charge in [0.05, 0.1) is 11.9 Å². The molecule has 0 saturated carbocycles. The van der Waals surface area contributed by atoms with E-state index in [1.54, 1.807) is 6.92 Å². The predicted molar refractivity (Wildman–Crippen MR) is 56.2 cm³/mol. The van der Waals surface area contributed by atoms with Gasteiger partial charge in [0.15, 0.2) is 5.82 Å². The van der Waals surface area contributed by atoms with Crippen LogP contribution in [0.1, 0.15) is 18.1 Å². The summed E-state index contributed by atoms with van der Waals surface area (Å²) in [5.41, 5.74) is 10.4. The van der Waals surface area contributed by atoms with Crippen LogP contribution < -0.4 is 16.8 Å². The molecule has 1 heterocycles. The monoisotopic (exact) mass is 230 g/mol. The number of hydrogen-bond acceptors (Lipinski definition) is 6. The zero-order valence-corrected chi connectivity index (χ0v) is 8.82. The zero-order valence-electron chi connectivity index (χ0n) is 8.07. The van der Waals surface area contributed by atoms with Gasteiger partial charge in [-0.25, -0.2) is 0 Å². The molecule has 0 spiro atoms. The van der Waals surface area contributed by atoms with Crippen molar-refractivity contribution in [2.24, 2.45) is 5.73 Å². The Hall–Kier alpha value is -1.63. The lowest BCUT2D eigenvalue weighted by Gasteiger charge is -2.06. The standard InChI is InChI=1S/C7H11ClN6O/c1-3(8)5-12-6(10)14-7(13-5)11-2-4(9)15/h3H,2H2,1H3,(H2,9,15)(H3,10,11,12,13,14). The van der Waals surface area contributed by atoms with Crippen LogP contribution in [0.2, 0.25) is 0 Å². The smallest absolute Gasteiger partial charge is 0.236 e. The third kappa shape index (κ3) is 3.55.